The van der Waals surface area contributed by atoms with Gasteiger partial charge in [0.2, 0.25) is 11.8 Å². The highest BCUT2D eigenvalue weighted by Gasteiger charge is 2.39. The molecule has 1 aromatic rings. The third-order valence-corrected chi connectivity index (χ3v) is 3.79. The molecule has 2 rings (SSSR count). The van der Waals surface area contributed by atoms with Crippen LogP contribution in [0, 0.1) is 19.8 Å². The fourth-order valence-corrected chi connectivity index (χ4v) is 2.82. The van der Waals surface area contributed by atoms with E-state index >= 15 is 0 Å². The zero-order chi connectivity index (χ0) is 15.8. The molecule has 1 fully saturated rings. The highest BCUT2D eigenvalue weighted by Crippen LogP contribution is 2.27. The van der Waals surface area contributed by atoms with Crippen molar-refractivity contribution in [2.75, 3.05) is 11.9 Å². The zero-order valence-electron chi connectivity index (χ0n) is 13.5. The van der Waals surface area contributed by atoms with Gasteiger partial charge in [0.1, 0.15) is 0 Å². The van der Waals surface area contributed by atoms with E-state index in [1.165, 1.54) is 0 Å². The van der Waals surface area contributed by atoms with Crippen LogP contribution in [0.1, 0.15) is 38.3 Å². The van der Waals surface area contributed by atoms with Gasteiger partial charge in [-0.1, -0.05) is 6.07 Å². The molecule has 4 heteroatoms. The van der Waals surface area contributed by atoms with E-state index in [0.717, 1.165) is 16.8 Å². The van der Waals surface area contributed by atoms with Crippen LogP contribution < -0.4 is 5.32 Å². The van der Waals surface area contributed by atoms with E-state index in [1.807, 2.05) is 46.8 Å². The lowest BCUT2D eigenvalue weighted by Crippen LogP contribution is -2.42. The number of likely N-dealkylation sites (tertiary alicyclic amines) is 1. The highest BCUT2D eigenvalue weighted by atomic mass is 16.2. The van der Waals surface area contributed by atoms with Gasteiger partial charge in [0.15, 0.2) is 0 Å². The van der Waals surface area contributed by atoms with Crippen molar-refractivity contribution in [3.05, 3.63) is 29.3 Å². The Hall–Kier alpha value is -1.84. The molecule has 0 bridgehead atoms. The number of hydrogen-bond donors (Lipinski definition) is 1. The van der Waals surface area contributed by atoms with E-state index in [9.17, 15) is 9.59 Å². The van der Waals surface area contributed by atoms with E-state index in [-0.39, 0.29) is 23.3 Å². The summed E-state index contributed by atoms with van der Waals surface area (Å²) in [7, 11) is 0. The normalized spacial score (nSPS) is 19.0. The van der Waals surface area contributed by atoms with Crippen LogP contribution in [0.15, 0.2) is 18.2 Å². The number of nitrogens with zero attached hydrogens (tertiary/aromatic N) is 1. The summed E-state index contributed by atoms with van der Waals surface area (Å²) >= 11 is 0. The van der Waals surface area contributed by atoms with Gasteiger partial charge in [-0.2, -0.15) is 0 Å². The predicted octanol–water partition coefficient (Wildman–Crippen LogP) is 2.89. The van der Waals surface area contributed by atoms with E-state index < -0.39 is 0 Å². The number of anilines is 1. The van der Waals surface area contributed by atoms with Crippen molar-refractivity contribution in [1.82, 2.24) is 4.90 Å². The first-order chi connectivity index (χ1) is 9.66. The summed E-state index contributed by atoms with van der Waals surface area (Å²) in [5.41, 5.74) is 2.80. The Bertz CT molecular complexity index is 552. The molecule has 4 nitrogen and oxygen atoms in total. The van der Waals surface area contributed by atoms with Crippen LogP contribution in [0.4, 0.5) is 5.69 Å². The molecule has 1 N–H and O–H groups in total. The number of benzene rings is 1. The summed E-state index contributed by atoms with van der Waals surface area (Å²) in [5.74, 6) is -0.277. The Balaban J connectivity index is 2.07. The topological polar surface area (TPSA) is 49.4 Å². The van der Waals surface area contributed by atoms with Crippen LogP contribution >= 0.6 is 0 Å². The summed E-state index contributed by atoms with van der Waals surface area (Å²) in [6.07, 6.45) is 0.300. The Morgan fingerprint density at radius 3 is 2.24 bits per heavy atom. The van der Waals surface area contributed by atoms with Crippen LogP contribution in [0.3, 0.4) is 0 Å². The fourth-order valence-electron chi connectivity index (χ4n) is 2.82. The summed E-state index contributed by atoms with van der Waals surface area (Å²) in [6.45, 7) is 10.5. The molecule has 1 heterocycles. The maximum Gasteiger partial charge on any atom is 0.229 e. The van der Waals surface area contributed by atoms with Gasteiger partial charge < -0.3 is 10.2 Å². The lowest BCUT2D eigenvalue weighted by atomic mass is 10.1. The Morgan fingerprint density at radius 1 is 1.19 bits per heavy atom. The minimum Gasteiger partial charge on any atom is -0.337 e. The maximum atomic E-state index is 12.4. The van der Waals surface area contributed by atoms with Crippen molar-refractivity contribution in [3.8, 4) is 0 Å². The molecular formula is C17H24N2O2. The van der Waals surface area contributed by atoms with Crippen molar-refractivity contribution < 1.29 is 9.59 Å². The minimum absolute atomic E-state index is 0.0584. The molecule has 0 aromatic heterocycles. The molecular weight excluding hydrogens is 264 g/mol. The van der Waals surface area contributed by atoms with Crippen LogP contribution in [-0.4, -0.2) is 28.8 Å². The molecule has 1 aromatic carbocycles. The summed E-state index contributed by atoms with van der Waals surface area (Å²) in [5, 5.41) is 2.94. The average molecular weight is 288 g/mol. The number of rotatable bonds is 2. The second kappa shape index (κ2) is 5.51. The molecule has 114 valence electrons. The van der Waals surface area contributed by atoms with E-state index in [1.54, 1.807) is 4.90 Å². The Kier molecular flexibility index (Phi) is 4.08. The first kappa shape index (κ1) is 15.5. The molecule has 0 saturated carbocycles. The fraction of sp³-hybridized carbons (Fsp3) is 0.529. The van der Waals surface area contributed by atoms with Gasteiger partial charge in [-0.25, -0.2) is 0 Å². The van der Waals surface area contributed by atoms with Crippen LogP contribution in [0.5, 0.6) is 0 Å². The maximum absolute atomic E-state index is 12.4. The van der Waals surface area contributed by atoms with Crippen molar-refractivity contribution >= 4 is 17.5 Å². The number of hydrogen-bond acceptors (Lipinski definition) is 2. The van der Waals surface area contributed by atoms with E-state index in [4.69, 9.17) is 0 Å². The molecule has 1 saturated heterocycles. The molecule has 0 aliphatic carbocycles. The lowest BCUT2D eigenvalue weighted by Gasteiger charge is -2.31. The number of carbonyl (C=O) groups excluding carboxylic acids is 2. The smallest absolute Gasteiger partial charge is 0.229 e. The highest BCUT2D eigenvalue weighted by molar-refractivity contribution is 5.97. The Labute approximate surface area is 126 Å². The second-order valence-corrected chi connectivity index (χ2v) is 6.94. The van der Waals surface area contributed by atoms with Gasteiger partial charge in [-0.05, 0) is 57.9 Å². The van der Waals surface area contributed by atoms with Crippen molar-refractivity contribution in [3.63, 3.8) is 0 Å². The molecule has 0 spiro atoms. The largest absolute Gasteiger partial charge is 0.337 e. The van der Waals surface area contributed by atoms with Gasteiger partial charge in [0.25, 0.3) is 0 Å². The number of aryl methyl sites for hydroxylation is 2. The van der Waals surface area contributed by atoms with Crippen molar-refractivity contribution in [2.24, 2.45) is 5.92 Å². The third-order valence-electron chi connectivity index (χ3n) is 3.79. The van der Waals surface area contributed by atoms with Gasteiger partial charge in [0, 0.05) is 24.2 Å². The van der Waals surface area contributed by atoms with Crippen LogP contribution in [0.2, 0.25) is 0 Å². The van der Waals surface area contributed by atoms with Crippen molar-refractivity contribution in [2.45, 2.75) is 46.6 Å². The lowest BCUT2D eigenvalue weighted by molar-refractivity contribution is -0.131. The number of carbonyl (C=O) groups is 2. The molecule has 1 atom stereocenters. The number of amides is 2. The molecule has 1 aliphatic rings. The van der Waals surface area contributed by atoms with Gasteiger partial charge in [-0.15, -0.1) is 0 Å². The first-order valence-corrected chi connectivity index (χ1v) is 7.36. The molecule has 21 heavy (non-hydrogen) atoms. The standard InChI is InChI=1S/C17H24N2O2/c1-11-6-12(2)8-14(7-11)18-16(21)13-9-15(20)19(10-13)17(3,4)5/h6-8,13H,9-10H2,1-5H3,(H,18,21)/t13-/m1/s1. The predicted molar refractivity (Wildman–Crippen MR) is 84.1 cm³/mol. The SMILES string of the molecule is Cc1cc(C)cc(NC(=O)[C@@H]2CC(=O)N(C(C)(C)C)C2)c1. The third kappa shape index (κ3) is 3.63. The summed E-state index contributed by atoms with van der Waals surface area (Å²) in [6, 6.07) is 5.96. The van der Waals surface area contributed by atoms with E-state index in [0.29, 0.717) is 13.0 Å². The van der Waals surface area contributed by atoms with Crippen LogP contribution in [-0.2, 0) is 9.59 Å². The molecule has 2 amide bonds. The second-order valence-electron chi connectivity index (χ2n) is 6.94. The quantitative estimate of drug-likeness (QED) is 0.909. The van der Waals surface area contributed by atoms with Gasteiger partial charge in [0.05, 0.1) is 5.92 Å². The minimum atomic E-state index is -0.266. The molecule has 0 radical (unpaired) electrons. The average Bonchev–Trinajstić information content (AvgIpc) is 2.69. The summed E-state index contributed by atoms with van der Waals surface area (Å²) in [4.78, 5) is 26.2. The molecule has 1 aliphatic heterocycles. The van der Waals surface area contributed by atoms with Crippen molar-refractivity contribution in [1.29, 1.82) is 0 Å². The van der Waals surface area contributed by atoms with Gasteiger partial charge in [-0.3, -0.25) is 9.59 Å². The van der Waals surface area contributed by atoms with Crippen LogP contribution in [0.25, 0.3) is 0 Å². The monoisotopic (exact) mass is 288 g/mol. The zero-order valence-corrected chi connectivity index (χ0v) is 13.5. The summed E-state index contributed by atoms with van der Waals surface area (Å²) < 4.78 is 0. The van der Waals surface area contributed by atoms with Gasteiger partial charge >= 0.3 is 0 Å². The Morgan fingerprint density at radius 2 is 1.76 bits per heavy atom. The molecule has 0 unspecified atom stereocenters. The first-order valence-electron chi connectivity index (χ1n) is 7.36. The van der Waals surface area contributed by atoms with E-state index in [2.05, 4.69) is 11.4 Å². The number of nitrogens with one attached hydrogen (secondary N) is 1.